The van der Waals surface area contributed by atoms with E-state index in [4.69, 9.17) is 4.74 Å². The minimum absolute atomic E-state index is 0.344. The second-order valence-corrected chi connectivity index (χ2v) is 5.95. The molecule has 0 spiro atoms. The molecule has 1 N–H and O–H groups in total. The highest BCUT2D eigenvalue weighted by molar-refractivity contribution is 8.14. The van der Waals surface area contributed by atoms with Crippen molar-refractivity contribution < 1.29 is 4.74 Å². The van der Waals surface area contributed by atoms with E-state index in [-0.39, 0.29) is 0 Å². The molecule has 18 heavy (non-hydrogen) atoms. The number of para-hydroxylation sites is 1. The molecule has 2 aliphatic rings. The van der Waals surface area contributed by atoms with Crippen LogP contribution in [0.5, 0.6) is 5.75 Å². The van der Waals surface area contributed by atoms with Crippen LogP contribution in [-0.4, -0.2) is 23.6 Å². The van der Waals surface area contributed by atoms with Gasteiger partial charge in [0, 0.05) is 17.2 Å². The Morgan fingerprint density at radius 2 is 2.33 bits per heavy atom. The van der Waals surface area contributed by atoms with Gasteiger partial charge in [0.15, 0.2) is 5.17 Å². The standard InChI is InChI=1S/C14H18N2OS/c1-2-10-9-15-14(18-10)16-12-7-8-17-13-6-4-3-5-11(12)13/h3-6,10,12H,2,7-9H2,1H3,(H,15,16). The van der Waals surface area contributed by atoms with Crippen LogP contribution in [0.1, 0.15) is 31.4 Å². The molecule has 1 aromatic carbocycles. The summed E-state index contributed by atoms with van der Waals surface area (Å²) in [5.74, 6) is 1.01. The number of hydrogen-bond acceptors (Lipinski definition) is 4. The van der Waals surface area contributed by atoms with E-state index in [1.165, 1.54) is 12.0 Å². The molecule has 0 amide bonds. The second-order valence-electron chi connectivity index (χ2n) is 4.67. The van der Waals surface area contributed by atoms with Gasteiger partial charge in [0.1, 0.15) is 5.75 Å². The molecule has 2 atom stereocenters. The monoisotopic (exact) mass is 262 g/mol. The zero-order valence-corrected chi connectivity index (χ0v) is 11.4. The van der Waals surface area contributed by atoms with Gasteiger partial charge in [0.2, 0.25) is 0 Å². The predicted molar refractivity (Wildman–Crippen MR) is 76.4 cm³/mol. The van der Waals surface area contributed by atoms with E-state index in [2.05, 4.69) is 29.4 Å². The van der Waals surface area contributed by atoms with Gasteiger partial charge >= 0.3 is 0 Å². The van der Waals surface area contributed by atoms with Crippen molar-refractivity contribution in [2.75, 3.05) is 13.2 Å². The van der Waals surface area contributed by atoms with Crippen molar-refractivity contribution in [3.63, 3.8) is 0 Å². The number of fused-ring (bicyclic) bond motifs is 1. The molecule has 3 nitrogen and oxygen atoms in total. The normalized spacial score (nSPS) is 26.2. The first-order valence-corrected chi connectivity index (χ1v) is 7.44. The molecule has 0 aromatic heterocycles. The van der Waals surface area contributed by atoms with Crippen LogP contribution in [0, 0.1) is 0 Å². The first kappa shape index (κ1) is 11.9. The number of rotatable bonds is 2. The largest absolute Gasteiger partial charge is 0.493 e. The minimum Gasteiger partial charge on any atom is -0.493 e. The average Bonchev–Trinajstić information content (AvgIpc) is 2.87. The number of hydrogen-bond donors (Lipinski definition) is 1. The molecular weight excluding hydrogens is 244 g/mol. The average molecular weight is 262 g/mol. The predicted octanol–water partition coefficient (Wildman–Crippen LogP) is 2.98. The SMILES string of the molecule is CCC1CN=C(NC2CCOc3ccccc32)S1. The quantitative estimate of drug-likeness (QED) is 0.889. The van der Waals surface area contributed by atoms with Crippen molar-refractivity contribution >= 4 is 16.9 Å². The Bertz CT molecular complexity index is 461. The third-order valence-corrected chi connectivity index (χ3v) is 4.71. The molecule has 0 aliphatic carbocycles. The van der Waals surface area contributed by atoms with Gasteiger partial charge in [0.05, 0.1) is 19.2 Å². The molecule has 2 heterocycles. The molecular formula is C14H18N2OS. The fourth-order valence-corrected chi connectivity index (χ4v) is 3.34. The van der Waals surface area contributed by atoms with Crippen LogP contribution in [0.15, 0.2) is 29.3 Å². The lowest BCUT2D eigenvalue weighted by atomic mass is 10.0. The van der Waals surface area contributed by atoms with Crippen LogP contribution in [0.2, 0.25) is 0 Å². The Labute approximate surface area is 112 Å². The molecule has 2 unspecified atom stereocenters. The lowest BCUT2D eigenvalue weighted by Crippen LogP contribution is -2.30. The highest BCUT2D eigenvalue weighted by Crippen LogP contribution is 2.33. The zero-order valence-electron chi connectivity index (χ0n) is 10.6. The van der Waals surface area contributed by atoms with Gasteiger partial charge < -0.3 is 10.1 Å². The first-order valence-electron chi connectivity index (χ1n) is 6.56. The van der Waals surface area contributed by atoms with E-state index >= 15 is 0 Å². The third-order valence-electron chi connectivity index (χ3n) is 3.43. The van der Waals surface area contributed by atoms with Gasteiger partial charge in [-0.2, -0.15) is 0 Å². The smallest absolute Gasteiger partial charge is 0.157 e. The first-order chi connectivity index (χ1) is 8.86. The van der Waals surface area contributed by atoms with Crippen LogP contribution < -0.4 is 10.1 Å². The van der Waals surface area contributed by atoms with E-state index in [1.54, 1.807) is 0 Å². The number of ether oxygens (including phenoxy) is 1. The van der Waals surface area contributed by atoms with Gasteiger partial charge in [-0.05, 0) is 12.5 Å². The summed E-state index contributed by atoms with van der Waals surface area (Å²) in [6, 6.07) is 8.62. The van der Waals surface area contributed by atoms with Gasteiger partial charge in [-0.3, -0.25) is 4.99 Å². The third kappa shape index (κ3) is 2.34. The Morgan fingerprint density at radius 1 is 1.44 bits per heavy atom. The maximum Gasteiger partial charge on any atom is 0.157 e. The summed E-state index contributed by atoms with van der Waals surface area (Å²) in [6.45, 7) is 3.96. The lowest BCUT2D eigenvalue weighted by Gasteiger charge is -2.27. The Balaban J connectivity index is 1.71. The molecule has 1 aromatic rings. The van der Waals surface area contributed by atoms with Crippen molar-refractivity contribution in [2.45, 2.75) is 31.1 Å². The van der Waals surface area contributed by atoms with Crippen molar-refractivity contribution in [3.05, 3.63) is 29.8 Å². The fraction of sp³-hybridized carbons (Fsp3) is 0.500. The van der Waals surface area contributed by atoms with Crippen LogP contribution in [-0.2, 0) is 0 Å². The van der Waals surface area contributed by atoms with E-state index in [0.29, 0.717) is 11.3 Å². The molecule has 0 radical (unpaired) electrons. The highest BCUT2D eigenvalue weighted by Gasteiger charge is 2.25. The maximum atomic E-state index is 5.67. The number of nitrogens with one attached hydrogen (secondary N) is 1. The Kier molecular flexibility index (Phi) is 3.46. The summed E-state index contributed by atoms with van der Waals surface area (Å²) >= 11 is 1.88. The summed E-state index contributed by atoms with van der Waals surface area (Å²) in [5.41, 5.74) is 1.26. The van der Waals surface area contributed by atoms with Crippen molar-refractivity contribution in [1.82, 2.24) is 5.32 Å². The van der Waals surface area contributed by atoms with Crippen molar-refractivity contribution in [1.29, 1.82) is 0 Å². The van der Waals surface area contributed by atoms with E-state index in [1.807, 2.05) is 23.9 Å². The van der Waals surface area contributed by atoms with Crippen molar-refractivity contribution in [3.8, 4) is 5.75 Å². The minimum atomic E-state index is 0.344. The highest BCUT2D eigenvalue weighted by atomic mass is 32.2. The number of aliphatic imine (C=N–C) groups is 1. The van der Waals surface area contributed by atoms with Crippen molar-refractivity contribution in [2.24, 2.45) is 4.99 Å². The number of benzene rings is 1. The van der Waals surface area contributed by atoms with E-state index in [9.17, 15) is 0 Å². The molecule has 0 bridgehead atoms. The maximum absolute atomic E-state index is 5.67. The summed E-state index contributed by atoms with van der Waals surface area (Å²) in [5, 5.41) is 5.33. The topological polar surface area (TPSA) is 33.6 Å². The van der Waals surface area contributed by atoms with E-state index in [0.717, 1.165) is 30.5 Å². The Morgan fingerprint density at radius 3 is 3.17 bits per heavy atom. The number of thioether (sulfide) groups is 1. The molecule has 4 heteroatoms. The van der Waals surface area contributed by atoms with Crippen LogP contribution in [0.3, 0.4) is 0 Å². The molecule has 2 aliphatic heterocycles. The Hall–Kier alpha value is -1.16. The van der Waals surface area contributed by atoms with Gasteiger partial charge in [0.25, 0.3) is 0 Å². The van der Waals surface area contributed by atoms with E-state index < -0.39 is 0 Å². The summed E-state index contributed by atoms with van der Waals surface area (Å²) in [6.07, 6.45) is 2.19. The summed E-state index contributed by atoms with van der Waals surface area (Å²) in [7, 11) is 0. The van der Waals surface area contributed by atoms with Gasteiger partial charge in [-0.1, -0.05) is 36.9 Å². The second kappa shape index (κ2) is 5.22. The van der Waals surface area contributed by atoms with Gasteiger partial charge in [-0.15, -0.1) is 0 Å². The van der Waals surface area contributed by atoms with Gasteiger partial charge in [-0.25, -0.2) is 0 Å². The summed E-state index contributed by atoms with van der Waals surface area (Å²) < 4.78 is 5.67. The molecule has 3 rings (SSSR count). The molecule has 0 saturated carbocycles. The molecule has 0 saturated heterocycles. The van der Waals surface area contributed by atoms with Crippen LogP contribution in [0.4, 0.5) is 0 Å². The van der Waals surface area contributed by atoms with Crippen LogP contribution >= 0.6 is 11.8 Å². The van der Waals surface area contributed by atoms with Crippen LogP contribution in [0.25, 0.3) is 0 Å². The lowest BCUT2D eigenvalue weighted by molar-refractivity contribution is 0.262. The molecule has 0 fully saturated rings. The number of amidine groups is 1. The molecule has 96 valence electrons. The zero-order chi connectivity index (χ0) is 12.4. The summed E-state index contributed by atoms with van der Waals surface area (Å²) in [4.78, 5) is 4.58. The number of nitrogens with zero attached hydrogens (tertiary/aromatic N) is 1. The fourth-order valence-electron chi connectivity index (χ4n) is 2.35.